The third-order valence-corrected chi connectivity index (χ3v) is 7.71. The van der Waals surface area contributed by atoms with Gasteiger partial charge in [-0.3, -0.25) is 9.89 Å². The molecule has 4 aromatic rings. The van der Waals surface area contributed by atoms with Crippen molar-refractivity contribution in [1.29, 1.82) is 0 Å². The van der Waals surface area contributed by atoms with Crippen LogP contribution in [0.5, 0.6) is 0 Å². The Labute approximate surface area is 203 Å². The molecule has 8 nitrogen and oxygen atoms in total. The van der Waals surface area contributed by atoms with Crippen molar-refractivity contribution >= 4 is 28.5 Å². The smallest absolute Gasteiger partial charge is 0.248 e. The van der Waals surface area contributed by atoms with Crippen LogP contribution in [0.25, 0.3) is 16.7 Å². The average Bonchev–Trinajstić information content (AvgIpc) is 3.43. The summed E-state index contributed by atoms with van der Waals surface area (Å²) in [7, 11) is 0. The molecule has 2 aliphatic rings. The predicted molar refractivity (Wildman–Crippen MR) is 136 cm³/mol. The highest BCUT2D eigenvalue weighted by molar-refractivity contribution is 5.95. The summed E-state index contributed by atoms with van der Waals surface area (Å²) in [6.45, 7) is 5.94. The van der Waals surface area contributed by atoms with E-state index in [2.05, 4.69) is 50.9 Å². The number of rotatable bonds is 4. The number of nitrogens with zero attached hydrogens (tertiary/aromatic N) is 4. The molecule has 0 bridgehead atoms. The Morgan fingerprint density at radius 2 is 1.89 bits per heavy atom. The molecule has 3 heterocycles. The summed E-state index contributed by atoms with van der Waals surface area (Å²) in [5, 5.41) is 7.42. The molecule has 1 spiro atoms. The van der Waals surface area contributed by atoms with Gasteiger partial charge in [0.1, 0.15) is 17.0 Å². The fourth-order valence-electron chi connectivity index (χ4n) is 5.64. The van der Waals surface area contributed by atoms with Gasteiger partial charge in [0.25, 0.3) is 0 Å². The van der Waals surface area contributed by atoms with Crippen molar-refractivity contribution in [3.8, 4) is 0 Å². The first kappa shape index (κ1) is 21.5. The number of carbonyl (C=O) groups excluding carboxylic acids is 1. The first-order valence-corrected chi connectivity index (χ1v) is 11.8. The lowest BCUT2D eigenvalue weighted by Crippen LogP contribution is -2.44. The van der Waals surface area contributed by atoms with Gasteiger partial charge in [0.2, 0.25) is 5.91 Å². The van der Waals surface area contributed by atoms with Crippen LogP contribution < -0.4 is 16.4 Å². The molecule has 6 rings (SSSR count). The van der Waals surface area contributed by atoms with E-state index >= 15 is 0 Å². The van der Waals surface area contributed by atoms with Gasteiger partial charge in [0.05, 0.1) is 6.20 Å². The molecule has 0 radical (unpaired) electrons. The van der Waals surface area contributed by atoms with E-state index in [0.717, 1.165) is 43.7 Å². The minimum absolute atomic E-state index is 0.0867. The number of nitrogens with two attached hydrogens (primary N) is 2. The van der Waals surface area contributed by atoms with Crippen molar-refractivity contribution in [2.45, 2.75) is 25.3 Å². The van der Waals surface area contributed by atoms with Crippen LogP contribution in [0, 0.1) is 5.41 Å². The zero-order valence-corrected chi connectivity index (χ0v) is 19.4. The zero-order chi connectivity index (χ0) is 24.2. The lowest BCUT2D eigenvalue weighted by molar-refractivity contribution is 0.1000. The number of nitrogens with one attached hydrogen (secondary N) is 1. The number of amides is 1. The molecule has 1 amide bonds. The van der Waals surface area contributed by atoms with Gasteiger partial charge in [-0.2, -0.15) is 5.10 Å². The second-order valence-corrected chi connectivity index (χ2v) is 9.62. The molecule has 1 aliphatic carbocycles. The summed E-state index contributed by atoms with van der Waals surface area (Å²) >= 11 is 0. The molecule has 35 heavy (non-hydrogen) atoms. The number of hydrogen-bond acceptors (Lipinski definition) is 6. The van der Waals surface area contributed by atoms with Gasteiger partial charge in [0, 0.05) is 30.3 Å². The number of carbonyl (C=O) groups is 1. The molecule has 176 valence electrons. The highest BCUT2D eigenvalue weighted by Gasteiger charge is 2.45. The molecular weight excluding hydrogens is 438 g/mol. The molecule has 1 atom stereocenters. The van der Waals surface area contributed by atoms with Crippen LogP contribution in [0.4, 0.5) is 5.82 Å². The van der Waals surface area contributed by atoms with Gasteiger partial charge in [-0.05, 0) is 53.5 Å². The normalized spacial score (nSPS) is 18.7. The highest BCUT2D eigenvalue weighted by atomic mass is 16.1. The minimum atomic E-state index is -0.485. The van der Waals surface area contributed by atoms with Crippen LogP contribution in [-0.4, -0.2) is 39.2 Å². The molecule has 2 aromatic heterocycles. The summed E-state index contributed by atoms with van der Waals surface area (Å²) in [5.41, 5.74) is 18.6. The Kier molecular flexibility index (Phi) is 4.93. The third-order valence-electron chi connectivity index (χ3n) is 7.71. The molecule has 0 saturated carbocycles. The predicted octanol–water partition coefficient (Wildman–Crippen LogP) is 3.36. The fourth-order valence-corrected chi connectivity index (χ4v) is 5.64. The minimum Gasteiger partial charge on any atom is -0.366 e. The molecule has 5 N–H and O–H groups in total. The van der Waals surface area contributed by atoms with E-state index in [4.69, 9.17) is 16.5 Å². The Morgan fingerprint density at radius 1 is 1.11 bits per heavy atom. The first-order chi connectivity index (χ1) is 16.9. The summed E-state index contributed by atoms with van der Waals surface area (Å²) in [4.78, 5) is 23.3. The second kappa shape index (κ2) is 8.02. The maximum absolute atomic E-state index is 11.6. The number of benzene rings is 2. The molecule has 8 heteroatoms. The SMILES string of the molecule is C=C(c1cccc(C(N)=O)c1)c1n[nH]c2nc(N3CCC4(CC3)Cc3ccccc3[C@H]4N)cnc12. The number of aromatic amines is 1. The van der Waals surface area contributed by atoms with Gasteiger partial charge in [-0.25, -0.2) is 9.97 Å². The lowest BCUT2D eigenvalue weighted by Gasteiger charge is -2.42. The number of H-pyrrole nitrogens is 1. The Balaban J connectivity index is 1.21. The zero-order valence-electron chi connectivity index (χ0n) is 19.4. The van der Waals surface area contributed by atoms with Crippen LogP contribution in [0.1, 0.15) is 51.6 Å². The van der Waals surface area contributed by atoms with Gasteiger partial charge in [-0.1, -0.05) is 43.0 Å². The van der Waals surface area contributed by atoms with E-state index in [1.54, 1.807) is 24.4 Å². The Hall–Kier alpha value is -4.04. The van der Waals surface area contributed by atoms with E-state index in [0.29, 0.717) is 28.0 Å². The number of hydrogen-bond donors (Lipinski definition) is 3. The van der Waals surface area contributed by atoms with E-state index in [1.165, 1.54) is 11.1 Å². The monoisotopic (exact) mass is 465 g/mol. The molecule has 1 saturated heterocycles. The van der Waals surface area contributed by atoms with E-state index in [1.807, 2.05) is 6.07 Å². The van der Waals surface area contributed by atoms with E-state index in [-0.39, 0.29) is 11.5 Å². The van der Waals surface area contributed by atoms with E-state index < -0.39 is 5.91 Å². The quantitative estimate of drug-likeness (QED) is 0.424. The largest absolute Gasteiger partial charge is 0.366 e. The highest BCUT2D eigenvalue weighted by Crippen LogP contribution is 2.50. The summed E-state index contributed by atoms with van der Waals surface area (Å²) < 4.78 is 0. The number of fused-ring (bicyclic) bond motifs is 2. The van der Waals surface area contributed by atoms with Gasteiger partial charge in [-0.15, -0.1) is 0 Å². The fraction of sp³-hybridized carbons (Fsp3) is 0.259. The second-order valence-electron chi connectivity index (χ2n) is 9.62. The summed E-state index contributed by atoms with van der Waals surface area (Å²) in [5.74, 6) is 0.342. The standard InChI is InChI=1S/C27H27N7O/c1-16(17-6-4-7-18(13-17)25(29)35)22-23-26(33-32-22)31-21(15-30-23)34-11-9-27(10-12-34)14-19-5-2-3-8-20(19)24(27)28/h2-8,13,15,24H,1,9-12,14,28H2,(H2,29,35)(H,31,32,33)/t24-/m1/s1. The maximum Gasteiger partial charge on any atom is 0.248 e. The van der Waals surface area contributed by atoms with Crippen molar-refractivity contribution in [1.82, 2.24) is 20.2 Å². The summed E-state index contributed by atoms with van der Waals surface area (Å²) in [6, 6.07) is 15.7. The van der Waals surface area contributed by atoms with Crippen LogP contribution in [0.3, 0.4) is 0 Å². The number of aromatic nitrogens is 4. The number of anilines is 1. The van der Waals surface area contributed by atoms with Gasteiger partial charge >= 0.3 is 0 Å². The third kappa shape index (κ3) is 3.49. The number of piperidine rings is 1. The van der Waals surface area contributed by atoms with Crippen LogP contribution in [-0.2, 0) is 6.42 Å². The Bertz CT molecular complexity index is 1470. The van der Waals surface area contributed by atoms with Gasteiger partial charge < -0.3 is 16.4 Å². The molecular formula is C27H27N7O. The van der Waals surface area contributed by atoms with Gasteiger partial charge in [0.15, 0.2) is 5.65 Å². The molecule has 2 aromatic carbocycles. The molecule has 1 aliphatic heterocycles. The molecule has 1 fully saturated rings. The number of primary amides is 1. The van der Waals surface area contributed by atoms with Crippen molar-refractivity contribution in [3.05, 3.63) is 89.3 Å². The maximum atomic E-state index is 11.6. The van der Waals surface area contributed by atoms with Crippen molar-refractivity contribution in [2.24, 2.45) is 16.9 Å². The van der Waals surface area contributed by atoms with E-state index in [9.17, 15) is 4.79 Å². The Morgan fingerprint density at radius 3 is 2.66 bits per heavy atom. The summed E-state index contributed by atoms with van der Waals surface area (Å²) in [6.07, 6.45) is 4.88. The lowest BCUT2D eigenvalue weighted by atomic mass is 9.73. The van der Waals surface area contributed by atoms with Crippen molar-refractivity contribution in [2.75, 3.05) is 18.0 Å². The van der Waals surface area contributed by atoms with Crippen molar-refractivity contribution in [3.63, 3.8) is 0 Å². The average molecular weight is 466 g/mol. The van der Waals surface area contributed by atoms with Crippen LogP contribution in [0.2, 0.25) is 0 Å². The topological polar surface area (TPSA) is 127 Å². The van der Waals surface area contributed by atoms with Crippen molar-refractivity contribution < 1.29 is 4.79 Å². The first-order valence-electron chi connectivity index (χ1n) is 11.8. The molecule has 0 unspecified atom stereocenters. The van der Waals surface area contributed by atoms with Crippen LogP contribution in [0.15, 0.2) is 61.3 Å². The van der Waals surface area contributed by atoms with Crippen LogP contribution >= 0.6 is 0 Å².